The molecule has 1 heterocycles. The smallest absolute Gasteiger partial charge is 0.329 e. The first-order valence-electron chi connectivity index (χ1n) is 6.98. The van der Waals surface area contributed by atoms with Gasteiger partial charge in [0.15, 0.2) is 0 Å². The first-order chi connectivity index (χ1) is 10.9. The third-order valence-electron chi connectivity index (χ3n) is 3.40. The molecule has 1 aromatic carbocycles. The lowest BCUT2D eigenvalue weighted by Crippen LogP contribution is -2.30. The molecule has 0 aliphatic rings. The van der Waals surface area contributed by atoms with Gasteiger partial charge in [0.25, 0.3) is 11.2 Å². The molecule has 0 saturated heterocycles. The molecule has 23 heavy (non-hydrogen) atoms. The number of benzene rings is 1. The predicted octanol–water partition coefficient (Wildman–Crippen LogP) is 2.37. The minimum absolute atomic E-state index is 0.0761. The fourth-order valence-electron chi connectivity index (χ4n) is 2.08. The van der Waals surface area contributed by atoms with Crippen LogP contribution < -0.4 is 5.56 Å². The van der Waals surface area contributed by atoms with Crippen molar-refractivity contribution in [3.05, 3.63) is 74.2 Å². The number of hydrogen-bond acceptors (Lipinski definition) is 5. The molecule has 0 fully saturated rings. The van der Waals surface area contributed by atoms with Gasteiger partial charge in [-0.25, -0.2) is 4.79 Å². The van der Waals surface area contributed by atoms with Crippen molar-refractivity contribution in [3.63, 3.8) is 0 Å². The molecule has 2 rings (SSSR count). The van der Waals surface area contributed by atoms with Crippen LogP contribution in [0, 0.1) is 17.0 Å². The van der Waals surface area contributed by atoms with Crippen LogP contribution in [0.25, 0.3) is 0 Å². The van der Waals surface area contributed by atoms with Crippen molar-refractivity contribution in [3.8, 4) is 0 Å². The molecule has 0 N–H and O–H groups in total. The second-order valence-electron chi connectivity index (χ2n) is 5.12. The number of nitro groups is 1. The zero-order valence-corrected chi connectivity index (χ0v) is 12.8. The Labute approximate surface area is 132 Å². The lowest BCUT2D eigenvalue weighted by Gasteiger charge is -2.15. The Morgan fingerprint density at radius 3 is 2.61 bits per heavy atom. The SMILES string of the molecule is Cc1cc([N+](=O)[O-])cn(C(C)C(=O)OCc2ccccc2)c1=O. The number of aromatic nitrogens is 1. The van der Waals surface area contributed by atoms with Crippen LogP contribution in [0.1, 0.15) is 24.1 Å². The molecule has 0 bridgehead atoms. The highest BCUT2D eigenvalue weighted by Crippen LogP contribution is 2.15. The van der Waals surface area contributed by atoms with Crippen molar-refractivity contribution in [2.45, 2.75) is 26.5 Å². The number of rotatable bonds is 5. The van der Waals surface area contributed by atoms with E-state index >= 15 is 0 Å². The number of ether oxygens (including phenoxy) is 1. The monoisotopic (exact) mass is 316 g/mol. The fraction of sp³-hybridized carbons (Fsp3) is 0.250. The zero-order chi connectivity index (χ0) is 17.0. The molecule has 2 aromatic rings. The summed E-state index contributed by atoms with van der Waals surface area (Å²) in [5.41, 5.74) is 0.307. The van der Waals surface area contributed by atoms with E-state index in [1.165, 1.54) is 19.9 Å². The molecule has 7 heteroatoms. The largest absolute Gasteiger partial charge is 0.459 e. The molecule has 0 aliphatic carbocycles. The zero-order valence-electron chi connectivity index (χ0n) is 12.8. The Hall–Kier alpha value is -2.96. The second-order valence-corrected chi connectivity index (χ2v) is 5.12. The molecule has 0 saturated carbocycles. The molecular formula is C16H16N2O5. The summed E-state index contributed by atoms with van der Waals surface area (Å²) < 4.78 is 6.20. The Bertz CT molecular complexity index is 783. The number of esters is 1. The van der Waals surface area contributed by atoms with Gasteiger partial charge in [-0.3, -0.25) is 19.5 Å². The number of aryl methyl sites for hydroxylation is 1. The van der Waals surface area contributed by atoms with Gasteiger partial charge in [0.1, 0.15) is 12.6 Å². The number of hydrogen-bond donors (Lipinski definition) is 0. The third kappa shape index (κ3) is 3.82. The predicted molar refractivity (Wildman–Crippen MR) is 83.0 cm³/mol. The van der Waals surface area contributed by atoms with Crippen LogP contribution in [0.3, 0.4) is 0 Å². The van der Waals surface area contributed by atoms with Gasteiger partial charge in [0, 0.05) is 11.6 Å². The molecular weight excluding hydrogens is 300 g/mol. The van der Waals surface area contributed by atoms with Crippen molar-refractivity contribution in [2.24, 2.45) is 0 Å². The van der Waals surface area contributed by atoms with E-state index < -0.39 is 22.5 Å². The first kappa shape index (κ1) is 16.4. The standard InChI is InChI=1S/C16H16N2O5/c1-11-8-14(18(21)22)9-17(15(11)19)12(2)16(20)23-10-13-6-4-3-5-7-13/h3-9,12H,10H2,1-2H3. The van der Waals surface area contributed by atoms with Crippen molar-refractivity contribution in [2.75, 3.05) is 0 Å². The second kappa shape index (κ2) is 6.87. The highest BCUT2D eigenvalue weighted by molar-refractivity contribution is 5.73. The Kier molecular flexibility index (Phi) is 4.90. The van der Waals surface area contributed by atoms with Crippen LogP contribution in [-0.4, -0.2) is 15.5 Å². The van der Waals surface area contributed by atoms with E-state index in [1.54, 1.807) is 0 Å². The fourth-order valence-corrected chi connectivity index (χ4v) is 2.08. The average molecular weight is 316 g/mol. The van der Waals surface area contributed by atoms with E-state index in [-0.39, 0.29) is 17.9 Å². The van der Waals surface area contributed by atoms with Gasteiger partial charge in [0.05, 0.1) is 11.1 Å². The van der Waals surface area contributed by atoms with Crippen LogP contribution in [-0.2, 0) is 16.1 Å². The Morgan fingerprint density at radius 1 is 1.35 bits per heavy atom. The number of carbonyl (C=O) groups excluding carboxylic acids is 1. The third-order valence-corrected chi connectivity index (χ3v) is 3.40. The summed E-state index contributed by atoms with van der Waals surface area (Å²) in [6, 6.07) is 9.33. The maximum atomic E-state index is 12.1. The minimum atomic E-state index is -0.954. The van der Waals surface area contributed by atoms with Gasteiger partial charge in [-0.05, 0) is 19.4 Å². The lowest BCUT2D eigenvalue weighted by molar-refractivity contribution is -0.385. The molecule has 7 nitrogen and oxygen atoms in total. The van der Waals surface area contributed by atoms with Gasteiger partial charge < -0.3 is 4.74 Å². The number of pyridine rings is 1. The van der Waals surface area contributed by atoms with E-state index in [2.05, 4.69) is 0 Å². The molecule has 1 unspecified atom stereocenters. The van der Waals surface area contributed by atoms with Gasteiger partial charge in [-0.15, -0.1) is 0 Å². The Balaban J connectivity index is 2.19. The summed E-state index contributed by atoms with van der Waals surface area (Å²) >= 11 is 0. The normalized spacial score (nSPS) is 11.7. The van der Waals surface area contributed by atoms with Crippen LogP contribution in [0.2, 0.25) is 0 Å². The first-order valence-corrected chi connectivity index (χ1v) is 6.98. The van der Waals surface area contributed by atoms with Crippen LogP contribution in [0.5, 0.6) is 0 Å². The van der Waals surface area contributed by atoms with E-state index in [0.717, 1.165) is 16.3 Å². The van der Waals surface area contributed by atoms with Gasteiger partial charge in [0.2, 0.25) is 0 Å². The molecule has 0 aliphatic heterocycles. The topological polar surface area (TPSA) is 91.4 Å². The number of carbonyl (C=O) groups is 1. The van der Waals surface area contributed by atoms with E-state index in [4.69, 9.17) is 4.74 Å². The van der Waals surface area contributed by atoms with Crippen LogP contribution >= 0.6 is 0 Å². The van der Waals surface area contributed by atoms with E-state index in [1.807, 2.05) is 30.3 Å². The Morgan fingerprint density at radius 2 is 2.00 bits per heavy atom. The minimum Gasteiger partial charge on any atom is -0.459 e. The van der Waals surface area contributed by atoms with Gasteiger partial charge >= 0.3 is 5.97 Å². The van der Waals surface area contributed by atoms with E-state index in [9.17, 15) is 19.7 Å². The van der Waals surface area contributed by atoms with Crippen molar-refractivity contribution in [1.29, 1.82) is 0 Å². The summed E-state index contributed by atoms with van der Waals surface area (Å²) in [6.45, 7) is 3.01. The van der Waals surface area contributed by atoms with Crippen molar-refractivity contribution in [1.82, 2.24) is 4.57 Å². The maximum Gasteiger partial charge on any atom is 0.329 e. The lowest BCUT2D eigenvalue weighted by atomic mass is 10.2. The summed E-state index contributed by atoms with van der Waals surface area (Å²) in [5.74, 6) is -0.629. The molecule has 0 amide bonds. The van der Waals surface area contributed by atoms with Crippen molar-refractivity contribution < 1.29 is 14.5 Å². The van der Waals surface area contributed by atoms with Crippen molar-refractivity contribution >= 4 is 11.7 Å². The summed E-state index contributed by atoms with van der Waals surface area (Å²) in [4.78, 5) is 34.5. The highest BCUT2D eigenvalue weighted by Gasteiger charge is 2.21. The molecule has 0 radical (unpaired) electrons. The summed E-state index contributed by atoms with van der Waals surface area (Å²) in [5, 5.41) is 10.9. The number of nitrogens with zero attached hydrogens (tertiary/aromatic N) is 2. The maximum absolute atomic E-state index is 12.1. The average Bonchev–Trinajstić information content (AvgIpc) is 2.55. The quantitative estimate of drug-likeness (QED) is 0.480. The summed E-state index contributed by atoms with van der Waals surface area (Å²) in [7, 11) is 0. The summed E-state index contributed by atoms with van der Waals surface area (Å²) in [6.07, 6.45) is 1.06. The molecule has 0 spiro atoms. The van der Waals surface area contributed by atoms with Crippen LogP contribution in [0.4, 0.5) is 5.69 Å². The van der Waals surface area contributed by atoms with Gasteiger partial charge in [-0.1, -0.05) is 30.3 Å². The molecule has 120 valence electrons. The molecule has 1 atom stereocenters. The van der Waals surface area contributed by atoms with Crippen LogP contribution in [0.15, 0.2) is 47.4 Å². The molecule has 1 aromatic heterocycles. The highest BCUT2D eigenvalue weighted by atomic mass is 16.6. The van der Waals surface area contributed by atoms with Gasteiger partial charge in [-0.2, -0.15) is 0 Å². The van der Waals surface area contributed by atoms with E-state index in [0.29, 0.717) is 0 Å².